The maximum absolute atomic E-state index is 12.8. The van der Waals surface area contributed by atoms with Crippen molar-refractivity contribution in [3.05, 3.63) is 50.5 Å². The molecule has 26 heavy (non-hydrogen) atoms. The van der Waals surface area contributed by atoms with Crippen molar-refractivity contribution in [3.8, 4) is 0 Å². The van der Waals surface area contributed by atoms with E-state index < -0.39 is 23.8 Å². The molecule has 2 atom stereocenters. The van der Waals surface area contributed by atoms with E-state index in [-0.39, 0.29) is 5.78 Å². The molecule has 0 N–H and O–H groups in total. The predicted octanol–water partition coefficient (Wildman–Crippen LogP) is 2.59. The number of carbonyl (C=O) groups excluding carboxylic acids is 3. The van der Waals surface area contributed by atoms with Crippen molar-refractivity contribution in [3.63, 3.8) is 0 Å². The van der Waals surface area contributed by atoms with Crippen LogP contribution >= 0.6 is 11.3 Å². The van der Waals surface area contributed by atoms with Gasteiger partial charge in [0.05, 0.1) is 30.9 Å². The molecule has 2 aromatic rings. The van der Waals surface area contributed by atoms with E-state index in [1.165, 1.54) is 25.6 Å². The molecule has 0 saturated carbocycles. The van der Waals surface area contributed by atoms with Crippen LogP contribution in [0, 0.1) is 19.8 Å². The van der Waals surface area contributed by atoms with Crippen LogP contribution in [-0.2, 0) is 25.5 Å². The van der Waals surface area contributed by atoms with Crippen LogP contribution in [0.25, 0.3) is 0 Å². The van der Waals surface area contributed by atoms with Gasteiger partial charge in [-0.2, -0.15) is 0 Å². The largest absolute Gasteiger partial charge is 0.469 e. The SMILES string of the molecule is COC(=O)C1Cc2c(C)c(C(=O)c3cccs3)nc(C)c2C1C(=O)OC. The number of ether oxygens (including phenoxy) is 2. The monoisotopic (exact) mass is 373 g/mol. The lowest BCUT2D eigenvalue weighted by atomic mass is 9.91. The minimum Gasteiger partial charge on any atom is -0.469 e. The molecule has 2 aromatic heterocycles. The van der Waals surface area contributed by atoms with E-state index in [2.05, 4.69) is 4.98 Å². The maximum Gasteiger partial charge on any atom is 0.314 e. The Morgan fingerprint density at radius 1 is 1.15 bits per heavy atom. The van der Waals surface area contributed by atoms with Crippen LogP contribution < -0.4 is 0 Å². The topological polar surface area (TPSA) is 82.6 Å². The highest BCUT2D eigenvalue weighted by molar-refractivity contribution is 7.12. The lowest BCUT2D eigenvalue weighted by molar-refractivity contribution is -0.153. The normalized spacial score (nSPS) is 18.3. The summed E-state index contributed by atoms with van der Waals surface area (Å²) in [5.41, 5.74) is 3.10. The lowest BCUT2D eigenvalue weighted by Crippen LogP contribution is -2.27. The number of esters is 2. The van der Waals surface area contributed by atoms with Crippen molar-refractivity contribution in [1.29, 1.82) is 0 Å². The number of hydrogen-bond donors (Lipinski definition) is 0. The molecule has 0 fully saturated rings. The van der Waals surface area contributed by atoms with Crippen LogP contribution in [0.2, 0.25) is 0 Å². The van der Waals surface area contributed by atoms with Gasteiger partial charge in [0.25, 0.3) is 0 Å². The molecule has 0 spiro atoms. The predicted molar refractivity (Wildman–Crippen MR) is 95.4 cm³/mol. The molecule has 3 rings (SSSR count). The number of carbonyl (C=O) groups is 3. The van der Waals surface area contributed by atoms with Gasteiger partial charge in [-0.25, -0.2) is 4.98 Å². The van der Waals surface area contributed by atoms with E-state index in [4.69, 9.17) is 9.47 Å². The molecular weight excluding hydrogens is 354 g/mol. The van der Waals surface area contributed by atoms with Gasteiger partial charge in [-0.3, -0.25) is 14.4 Å². The number of aryl methyl sites for hydroxylation is 1. The van der Waals surface area contributed by atoms with E-state index in [1.54, 1.807) is 19.9 Å². The number of methoxy groups -OCH3 is 2. The Labute approximate surface area is 155 Å². The standard InChI is InChI=1S/C19H19NO5S/c1-9-11-8-12(18(22)24-3)15(19(23)25-4)14(11)10(2)20-16(9)17(21)13-6-5-7-26-13/h5-7,12,15H,8H2,1-4H3. The number of nitrogens with zero attached hydrogens (tertiary/aromatic N) is 1. The number of ketones is 1. The molecule has 0 saturated heterocycles. The molecule has 7 heteroatoms. The van der Waals surface area contributed by atoms with E-state index in [0.29, 0.717) is 33.8 Å². The quantitative estimate of drug-likeness (QED) is 0.605. The van der Waals surface area contributed by atoms with Gasteiger partial charge >= 0.3 is 11.9 Å². The van der Waals surface area contributed by atoms with Gasteiger partial charge in [0.2, 0.25) is 5.78 Å². The Hall–Kier alpha value is -2.54. The molecule has 0 bridgehead atoms. The third kappa shape index (κ3) is 2.82. The fourth-order valence-electron chi connectivity index (χ4n) is 3.62. The summed E-state index contributed by atoms with van der Waals surface area (Å²) in [4.78, 5) is 42.5. The third-order valence-corrected chi connectivity index (χ3v) is 5.73. The van der Waals surface area contributed by atoms with Gasteiger partial charge in [-0.1, -0.05) is 6.07 Å². The highest BCUT2D eigenvalue weighted by Gasteiger charge is 2.45. The van der Waals surface area contributed by atoms with Crippen molar-refractivity contribution in [1.82, 2.24) is 4.98 Å². The van der Waals surface area contributed by atoms with Crippen LogP contribution in [-0.4, -0.2) is 36.9 Å². The summed E-state index contributed by atoms with van der Waals surface area (Å²) in [5.74, 6) is -2.56. The van der Waals surface area contributed by atoms with Crippen LogP contribution in [0.15, 0.2) is 17.5 Å². The maximum atomic E-state index is 12.8. The van der Waals surface area contributed by atoms with Crippen molar-refractivity contribution in [2.75, 3.05) is 14.2 Å². The minimum absolute atomic E-state index is 0.153. The van der Waals surface area contributed by atoms with Crippen LogP contribution in [0.5, 0.6) is 0 Å². The molecule has 2 unspecified atom stereocenters. The molecule has 0 aliphatic heterocycles. The second-order valence-electron chi connectivity index (χ2n) is 6.20. The Kier molecular flexibility index (Phi) is 4.91. The van der Waals surface area contributed by atoms with E-state index in [0.717, 1.165) is 5.56 Å². The summed E-state index contributed by atoms with van der Waals surface area (Å²) < 4.78 is 9.78. The minimum atomic E-state index is -0.764. The van der Waals surface area contributed by atoms with Gasteiger partial charge in [0, 0.05) is 5.69 Å². The molecule has 0 radical (unpaired) electrons. The number of hydrogen-bond acceptors (Lipinski definition) is 7. The summed E-state index contributed by atoms with van der Waals surface area (Å²) in [6.07, 6.45) is 0.321. The third-order valence-electron chi connectivity index (χ3n) is 4.86. The summed E-state index contributed by atoms with van der Waals surface area (Å²) in [5, 5.41) is 1.84. The summed E-state index contributed by atoms with van der Waals surface area (Å²) in [6.45, 7) is 3.55. The lowest BCUT2D eigenvalue weighted by Gasteiger charge is -2.17. The van der Waals surface area contributed by atoms with Gasteiger partial charge in [0.1, 0.15) is 5.69 Å². The smallest absolute Gasteiger partial charge is 0.314 e. The van der Waals surface area contributed by atoms with Gasteiger partial charge < -0.3 is 9.47 Å². The number of fused-ring (bicyclic) bond motifs is 1. The molecule has 136 valence electrons. The van der Waals surface area contributed by atoms with Crippen molar-refractivity contribution >= 4 is 29.1 Å². The van der Waals surface area contributed by atoms with E-state index >= 15 is 0 Å². The second-order valence-corrected chi connectivity index (χ2v) is 7.15. The molecule has 1 aliphatic carbocycles. The molecule has 2 heterocycles. The van der Waals surface area contributed by atoms with Gasteiger partial charge in [-0.15, -0.1) is 11.3 Å². The Morgan fingerprint density at radius 3 is 2.42 bits per heavy atom. The summed E-state index contributed by atoms with van der Waals surface area (Å²) in [6, 6.07) is 3.57. The molecule has 0 amide bonds. The zero-order chi connectivity index (χ0) is 19.0. The molecular formula is C19H19NO5S. The Balaban J connectivity index is 2.14. The fourth-order valence-corrected chi connectivity index (χ4v) is 4.28. The highest BCUT2D eigenvalue weighted by Crippen LogP contribution is 2.43. The second kappa shape index (κ2) is 6.99. The first-order valence-electron chi connectivity index (χ1n) is 8.14. The number of rotatable bonds is 4. The average molecular weight is 373 g/mol. The Morgan fingerprint density at radius 2 is 1.85 bits per heavy atom. The van der Waals surface area contributed by atoms with E-state index in [9.17, 15) is 14.4 Å². The molecule has 6 nitrogen and oxygen atoms in total. The first-order chi connectivity index (χ1) is 12.4. The van der Waals surface area contributed by atoms with Crippen LogP contribution in [0.3, 0.4) is 0 Å². The van der Waals surface area contributed by atoms with Gasteiger partial charge in [0.15, 0.2) is 0 Å². The summed E-state index contributed by atoms with van der Waals surface area (Å²) >= 11 is 1.35. The first-order valence-corrected chi connectivity index (χ1v) is 9.02. The molecule has 0 aromatic carbocycles. The number of aromatic nitrogens is 1. The number of pyridine rings is 1. The van der Waals surface area contributed by atoms with Crippen LogP contribution in [0.1, 0.15) is 43.7 Å². The van der Waals surface area contributed by atoms with Crippen molar-refractivity contribution in [2.24, 2.45) is 5.92 Å². The zero-order valence-corrected chi connectivity index (χ0v) is 15.8. The number of thiophene rings is 1. The average Bonchev–Trinajstić information content (AvgIpc) is 3.30. The van der Waals surface area contributed by atoms with Crippen molar-refractivity contribution < 1.29 is 23.9 Å². The molecule has 1 aliphatic rings. The highest BCUT2D eigenvalue weighted by atomic mass is 32.1. The zero-order valence-electron chi connectivity index (χ0n) is 15.0. The van der Waals surface area contributed by atoms with Crippen LogP contribution in [0.4, 0.5) is 0 Å². The first kappa shape index (κ1) is 18.3. The van der Waals surface area contributed by atoms with E-state index in [1.807, 2.05) is 11.4 Å². The van der Waals surface area contributed by atoms with Crippen molar-refractivity contribution in [2.45, 2.75) is 26.2 Å². The fraction of sp³-hybridized carbons (Fsp3) is 0.368. The summed E-state index contributed by atoms with van der Waals surface area (Å²) in [7, 11) is 2.59. The van der Waals surface area contributed by atoms with Gasteiger partial charge in [-0.05, 0) is 48.4 Å². The Bertz CT molecular complexity index is 888.